The Morgan fingerprint density at radius 3 is 2.14 bits per heavy atom. The van der Waals surface area contributed by atoms with E-state index in [1.807, 2.05) is 52.0 Å². The lowest BCUT2D eigenvalue weighted by Gasteiger charge is -2.33. The summed E-state index contributed by atoms with van der Waals surface area (Å²) in [5.74, 6) is 0.242. The number of nitrogens with one attached hydrogen (secondary N) is 1. The Morgan fingerprint density at radius 2 is 1.62 bits per heavy atom. The molecule has 0 bridgehead atoms. The largest absolute Gasteiger partial charge is 0.493 e. The maximum absolute atomic E-state index is 13.7. The number of anilines is 1. The minimum Gasteiger partial charge on any atom is -0.493 e. The summed E-state index contributed by atoms with van der Waals surface area (Å²) in [6.07, 6.45) is 1.41. The molecule has 1 unspecified atom stereocenters. The Kier molecular flexibility index (Phi) is 10.8. The van der Waals surface area contributed by atoms with Gasteiger partial charge in [-0.2, -0.15) is 0 Å². The maximum atomic E-state index is 13.7. The molecule has 1 N–H and O–H groups in total. The van der Waals surface area contributed by atoms with Gasteiger partial charge in [0.05, 0.1) is 26.2 Å². The van der Waals surface area contributed by atoms with Crippen molar-refractivity contribution in [3.8, 4) is 11.5 Å². The van der Waals surface area contributed by atoms with E-state index in [4.69, 9.17) is 9.47 Å². The van der Waals surface area contributed by atoms with Crippen LogP contribution in [0.15, 0.2) is 42.5 Å². The number of nitrogens with zero attached hydrogens (tertiary/aromatic N) is 2. The van der Waals surface area contributed by atoms with E-state index < -0.39 is 28.5 Å². The lowest BCUT2D eigenvalue weighted by Crippen LogP contribution is -2.52. The third kappa shape index (κ3) is 8.38. The topological polar surface area (TPSA) is 105 Å². The van der Waals surface area contributed by atoms with Crippen LogP contribution in [0, 0.1) is 12.8 Å². The van der Waals surface area contributed by atoms with Gasteiger partial charge in [-0.05, 0) is 37.0 Å². The Labute approximate surface area is 220 Å². The SMILES string of the molecule is CCC(C(=O)NCC(C)C)N(Cc1ccc(C)cc1)C(=O)CN(c1ccc(OC)c(OC)c1)S(C)(=O)=O. The second kappa shape index (κ2) is 13.3. The first kappa shape index (κ1) is 30.0. The van der Waals surface area contributed by atoms with Gasteiger partial charge >= 0.3 is 0 Å². The normalized spacial score (nSPS) is 12.1. The summed E-state index contributed by atoms with van der Waals surface area (Å²) in [5, 5.41) is 2.91. The Hall–Kier alpha value is -3.27. The van der Waals surface area contributed by atoms with Crippen LogP contribution in [0.4, 0.5) is 5.69 Å². The standard InChI is InChI=1S/C27H39N3O6S/c1-8-23(27(32)28-16-19(2)3)29(17-21-11-9-20(4)10-12-21)26(31)18-30(37(7,33)34)22-13-14-24(35-5)25(15-22)36-6/h9-15,19,23H,8,16-18H2,1-7H3,(H,28,32). The van der Waals surface area contributed by atoms with Gasteiger partial charge in [0.15, 0.2) is 11.5 Å². The first-order chi connectivity index (χ1) is 17.4. The molecule has 0 fully saturated rings. The van der Waals surface area contributed by atoms with Gasteiger partial charge in [-0.25, -0.2) is 8.42 Å². The first-order valence-electron chi connectivity index (χ1n) is 12.2. The number of carbonyl (C=O) groups is 2. The third-order valence-corrected chi connectivity index (χ3v) is 7.02. The average Bonchev–Trinajstić information content (AvgIpc) is 2.85. The lowest BCUT2D eigenvalue weighted by atomic mass is 10.1. The maximum Gasteiger partial charge on any atom is 0.244 e. The zero-order valence-electron chi connectivity index (χ0n) is 22.8. The highest BCUT2D eigenvalue weighted by Crippen LogP contribution is 2.32. The highest BCUT2D eigenvalue weighted by atomic mass is 32.2. The Balaban J connectivity index is 2.46. The molecule has 2 rings (SSSR count). The molecule has 2 amide bonds. The van der Waals surface area contributed by atoms with E-state index in [0.29, 0.717) is 24.5 Å². The zero-order chi connectivity index (χ0) is 27.8. The number of hydrogen-bond donors (Lipinski definition) is 1. The lowest BCUT2D eigenvalue weighted by molar-refractivity contribution is -0.140. The van der Waals surface area contributed by atoms with Crippen molar-refractivity contribution < 1.29 is 27.5 Å². The molecule has 0 aliphatic rings. The van der Waals surface area contributed by atoms with Crippen LogP contribution in [-0.4, -0.2) is 64.7 Å². The van der Waals surface area contributed by atoms with Gasteiger partial charge in [-0.3, -0.25) is 13.9 Å². The van der Waals surface area contributed by atoms with Gasteiger partial charge in [0.1, 0.15) is 12.6 Å². The van der Waals surface area contributed by atoms with Crippen LogP contribution in [0.1, 0.15) is 38.3 Å². The summed E-state index contributed by atoms with van der Waals surface area (Å²) in [6.45, 7) is 7.94. The molecule has 0 aromatic heterocycles. The van der Waals surface area contributed by atoms with Crippen LogP contribution in [0.2, 0.25) is 0 Å². The molecule has 0 aliphatic heterocycles. The van der Waals surface area contributed by atoms with E-state index in [2.05, 4.69) is 5.32 Å². The summed E-state index contributed by atoms with van der Waals surface area (Å²) in [5.41, 5.74) is 2.16. The first-order valence-corrected chi connectivity index (χ1v) is 14.1. The van der Waals surface area contributed by atoms with Crippen LogP contribution >= 0.6 is 0 Å². The van der Waals surface area contributed by atoms with Gasteiger partial charge in [-0.1, -0.05) is 50.6 Å². The number of hydrogen-bond acceptors (Lipinski definition) is 6. The van der Waals surface area contributed by atoms with Gasteiger partial charge in [-0.15, -0.1) is 0 Å². The highest BCUT2D eigenvalue weighted by Gasteiger charge is 2.32. The number of sulfonamides is 1. The molecule has 2 aromatic carbocycles. The predicted molar refractivity (Wildman–Crippen MR) is 145 cm³/mol. The Bertz CT molecular complexity index is 1170. The van der Waals surface area contributed by atoms with Crippen molar-refractivity contribution in [1.82, 2.24) is 10.2 Å². The molecule has 10 heteroatoms. The molecule has 0 heterocycles. The molecule has 0 radical (unpaired) electrons. The summed E-state index contributed by atoms with van der Waals surface area (Å²) in [6, 6.07) is 11.5. The number of carbonyl (C=O) groups excluding carboxylic acids is 2. The van der Waals surface area contributed by atoms with Crippen molar-refractivity contribution >= 4 is 27.5 Å². The van der Waals surface area contributed by atoms with Crippen LogP contribution in [0.25, 0.3) is 0 Å². The number of ether oxygens (including phenoxy) is 2. The number of benzene rings is 2. The zero-order valence-corrected chi connectivity index (χ0v) is 23.6. The Morgan fingerprint density at radius 1 is 1.00 bits per heavy atom. The highest BCUT2D eigenvalue weighted by molar-refractivity contribution is 7.92. The molecule has 2 aromatic rings. The second-order valence-corrected chi connectivity index (χ2v) is 11.3. The minimum absolute atomic E-state index is 0.163. The van der Waals surface area contributed by atoms with E-state index in [9.17, 15) is 18.0 Å². The summed E-state index contributed by atoms with van der Waals surface area (Å²) in [4.78, 5) is 28.3. The second-order valence-electron chi connectivity index (χ2n) is 9.38. The molecule has 0 saturated heterocycles. The average molecular weight is 534 g/mol. The molecule has 0 aliphatic carbocycles. The quantitative estimate of drug-likeness (QED) is 0.423. The molecule has 0 spiro atoms. The van der Waals surface area contributed by atoms with Crippen molar-refractivity contribution in [2.75, 3.05) is 37.9 Å². The van der Waals surface area contributed by atoms with Crippen LogP contribution < -0.4 is 19.1 Å². The molecular weight excluding hydrogens is 494 g/mol. The number of methoxy groups -OCH3 is 2. The molecule has 37 heavy (non-hydrogen) atoms. The predicted octanol–water partition coefficient (Wildman–Crippen LogP) is 3.36. The summed E-state index contributed by atoms with van der Waals surface area (Å²) in [7, 11) is -0.928. The van der Waals surface area contributed by atoms with Crippen molar-refractivity contribution in [2.45, 2.75) is 46.7 Å². The van der Waals surface area contributed by atoms with Gasteiger partial charge in [0.25, 0.3) is 0 Å². The van der Waals surface area contributed by atoms with Crippen LogP contribution in [0.5, 0.6) is 11.5 Å². The van der Waals surface area contributed by atoms with Crippen molar-refractivity contribution in [2.24, 2.45) is 5.92 Å². The number of rotatable bonds is 13. The van der Waals surface area contributed by atoms with E-state index in [1.54, 1.807) is 12.1 Å². The van der Waals surface area contributed by atoms with Crippen LogP contribution in [-0.2, 0) is 26.2 Å². The summed E-state index contributed by atoms with van der Waals surface area (Å²) >= 11 is 0. The minimum atomic E-state index is -3.85. The third-order valence-electron chi connectivity index (χ3n) is 5.88. The molecular formula is C27H39N3O6S. The van der Waals surface area contributed by atoms with Gasteiger partial charge in [0.2, 0.25) is 21.8 Å². The monoisotopic (exact) mass is 533 g/mol. The summed E-state index contributed by atoms with van der Waals surface area (Å²) < 4.78 is 37.2. The van der Waals surface area contributed by atoms with E-state index in [0.717, 1.165) is 21.7 Å². The van der Waals surface area contributed by atoms with E-state index in [-0.39, 0.29) is 24.1 Å². The van der Waals surface area contributed by atoms with Gasteiger partial charge < -0.3 is 19.7 Å². The molecule has 0 saturated carbocycles. The van der Waals surface area contributed by atoms with Gasteiger partial charge in [0, 0.05) is 19.2 Å². The fraction of sp³-hybridized carbons (Fsp3) is 0.481. The van der Waals surface area contributed by atoms with E-state index >= 15 is 0 Å². The van der Waals surface area contributed by atoms with Crippen molar-refractivity contribution in [3.63, 3.8) is 0 Å². The molecule has 204 valence electrons. The fourth-order valence-corrected chi connectivity index (χ4v) is 4.67. The van der Waals surface area contributed by atoms with Crippen LogP contribution in [0.3, 0.4) is 0 Å². The van der Waals surface area contributed by atoms with Crippen molar-refractivity contribution in [1.29, 1.82) is 0 Å². The van der Waals surface area contributed by atoms with Crippen molar-refractivity contribution in [3.05, 3.63) is 53.6 Å². The number of aryl methyl sites for hydroxylation is 1. The smallest absolute Gasteiger partial charge is 0.244 e. The molecule has 1 atom stereocenters. The fourth-order valence-electron chi connectivity index (χ4n) is 3.83. The van der Waals surface area contributed by atoms with E-state index in [1.165, 1.54) is 25.2 Å². The molecule has 9 nitrogen and oxygen atoms in total. The number of amides is 2.